The number of anilines is 1. The van der Waals surface area contributed by atoms with Crippen LogP contribution in [0.3, 0.4) is 0 Å². The molecule has 1 aromatic carbocycles. The van der Waals surface area contributed by atoms with Crippen molar-refractivity contribution in [1.29, 1.82) is 0 Å². The van der Waals surface area contributed by atoms with Crippen LogP contribution in [0.25, 0.3) is 0 Å². The molecule has 3 unspecified atom stereocenters. The molecule has 4 aliphatic rings. The van der Waals surface area contributed by atoms with E-state index in [1.807, 2.05) is 6.08 Å². The van der Waals surface area contributed by atoms with Gasteiger partial charge >= 0.3 is 12.1 Å². The number of carboxylic acids is 1. The second-order valence-electron chi connectivity index (χ2n) is 11.5. The molecule has 0 aromatic heterocycles. The van der Waals surface area contributed by atoms with Crippen LogP contribution in [-0.2, 0) is 15.8 Å². The van der Waals surface area contributed by atoms with Crippen LogP contribution in [0.15, 0.2) is 41.5 Å². The largest absolute Gasteiger partial charge is 0.478 e. The Morgan fingerprint density at radius 2 is 1.86 bits per heavy atom. The first-order valence-corrected chi connectivity index (χ1v) is 13.0. The van der Waals surface area contributed by atoms with Gasteiger partial charge in [-0.15, -0.1) is 0 Å². The maximum Gasteiger partial charge on any atom is 0.417 e. The van der Waals surface area contributed by atoms with Gasteiger partial charge in [0.25, 0.3) is 0 Å². The van der Waals surface area contributed by atoms with E-state index in [0.29, 0.717) is 36.2 Å². The van der Waals surface area contributed by atoms with E-state index in [1.54, 1.807) is 0 Å². The van der Waals surface area contributed by atoms with Crippen molar-refractivity contribution >= 4 is 29.2 Å². The third-order valence-corrected chi connectivity index (χ3v) is 10.2. The molecule has 0 saturated heterocycles. The van der Waals surface area contributed by atoms with Crippen molar-refractivity contribution in [2.75, 3.05) is 5.32 Å². The van der Waals surface area contributed by atoms with Gasteiger partial charge in [-0.1, -0.05) is 31.5 Å². The number of rotatable bonds is 3. The summed E-state index contributed by atoms with van der Waals surface area (Å²) in [6, 6.07) is 3.49. The molecule has 4 nitrogen and oxygen atoms in total. The summed E-state index contributed by atoms with van der Waals surface area (Å²) in [6.45, 7) is 4.45. The molecule has 1 aromatic rings. The summed E-state index contributed by atoms with van der Waals surface area (Å²) >= 11 is 5.74. The summed E-state index contributed by atoms with van der Waals surface area (Å²) in [7, 11) is 0. The number of amides is 1. The first-order chi connectivity index (χ1) is 16.8. The lowest BCUT2D eigenvalue weighted by molar-refractivity contribution is -0.137. The highest BCUT2D eigenvalue weighted by molar-refractivity contribution is 6.31. The molecule has 0 radical (unpaired) electrons. The van der Waals surface area contributed by atoms with Crippen molar-refractivity contribution in [3.05, 3.63) is 52.1 Å². The standard InChI is InChI=1S/C28H31ClF3NO3/c1-26-11-9-15(25(35)36)13-16(26)3-5-18-19-6-7-21(27(19,2)12-10-20(18)26)24(34)33-17-4-8-23(29)22(14-17)28(30,31)32/h3-4,8,13-14,18-21H,5-7,9-12H2,1-2H3,(H,33,34)(H,35,36)/t18?,19?,20?,21-,26+,27+/m1/s1. The molecule has 0 aliphatic heterocycles. The smallest absolute Gasteiger partial charge is 0.417 e. The number of aliphatic carboxylic acids is 1. The van der Waals surface area contributed by atoms with Crippen LogP contribution in [0.4, 0.5) is 18.9 Å². The van der Waals surface area contributed by atoms with Gasteiger partial charge in [-0.3, -0.25) is 4.79 Å². The molecule has 0 heterocycles. The first-order valence-electron chi connectivity index (χ1n) is 12.7. The Bertz CT molecular complexity index is 1180. The number of carbonyl (C=O) groups is 2. The lowest BCUT2D eigenvalue weighted by Crippen LogP contribution is -2.50. The van der Waals surface area contributed by atoms with E-state index in [4.69, 9.17) is 11.6 Å². The molecule has 4 aliphatic carbocycles. The fourth-order valence-electron chi connectivity index (χ4n) is 7.97. The fraction of sp³-hybridized carbons (Fsp3) is 0.571. The third-order valence-electron chi connectivity index (χ3n) is 9.90. The number of nitrogens with one attached hydrogen (secondary N) is 1. The van der Waals surface area contributed by atoms with Gasteiger partial charge in [0.05, 0.1) is 10.6 Å². The Hall–Kier alpha value is -2.28. The second kappa shape index (κ2) is 8.64. The molecule has 194 valence electrons. The minimum absolute atomic E-state index is 0.0547. The third kappa shape index (κ3) is 3.98. The van der Waals surface area contributed by atoms with E-state index >= 15 is 0 Å². The van der Waals surface area contributed by atoms with Crippen LogP contribution in [0.1, 0.15) is 64.4 Å². The number of allylic oxidation sites excluding steroid dienone is 3. The van der Waals surface area contributed by atoms with E-state index in [0.717, 1.165) is 43.7 Å². The fourth-order valence-corrected chi connectivity index (χ4v) is 8.20. The summed E-state index contributed by atoms with van der Waals surface area (Å²) in [5.74, 6) is -0.126. The van der Waals surface area contributed by atoms with Crippen molar-refractivity contribution in [2.45, 2.75) is 65.0 Å². The molecule has 8 heteroatoms. The highest BCUT2D eigenvalue weighted by Gasteiger charge is 2.59. The van der Waals surface area contributed by atoms with Crippen molar-refractivity contribution in [2.24, 2.45) is 34.5 Å². The average Bonchev–Trinajstić information content (AvgIpc) is 3.16. The Balaban J connectivity index is 1.36. The number of hydrogen-bond donors (Lipinski definition) is 2. The highest BCUT2D eigenvalue weighted by Crippen LogP contribution is 2.66. The van der Waals surface area contributed by atoms with Crippen LogP contribution in [-0.4, -0.2) is 17.0 Å². The molecule has 1 amide bonds. The van der Waals surface area contributed by atoms with Gasteiger partial charge in [0.15, 0.2) is 0 Å². The predicted octanol–water partition coefficient (Wildman–Crippen LogP) is 7.50. The zero-order valence-electron chi connectivity index (χ0n) is 20.4. The minimum Gasteiger partial charge on any atom is -0.478 e. The summed E-state index contributed by atoms with van der Waals surface area (Å²) in [4.78, 5) is 24.9. The molecule has 2 saturated carbocycles. The highest BCUT2D eigenvalue weighted by atomic mass is 35.5. The zero-order chi connectivity index (χ0) is 26.0. The van der Waals surface area contributed by atoms with E-state index < -0.39 is 22.7 Å². The Labute approximate surface area is 214 Å². The van der Waals surface area contributed by atoms with E-state index in [9.17, 15) is 27.9 Å². The monoisotopic (exact) mass is 521 g/mol. The lowest BCUT2D eigenvalue weighted by atomic mass is 9.48. The number of carbonyl (C=O) groups excluding carboxylic acids is 1. The maximum absolute atomic E-state index is 13.4. The van der Waals surface area contributed by atoms with Crippen LogP contribution in [0.2, 0.25) is 5.02 Å². The van der Waals surface area contributed by atoms with Crippen molar-refractivity contribution in [3.63, 3.8) is 0 Å². The van der Waals surface area contributed by atoms with Gasteiger partial charge in [-0.05, 0) is 103 Å². The summed E-state index contributed by atoms with van der Waals surface area (Å²) < 4.78 is 39.8. The van der Waals surface area contributed by atoms with Gasteiger partial charge in [0.1, 0.15) is 0 Å². The average molecular weight is 522 g/mol. The minimum atomic E-state index is -4.59. The van der Waals surface area contributed by atoms with Crippen LogP contribution in [0, 0.1) is 34.5 Å². The Morgan fingerprint density at radius 1 is 1.11 bits per heavy atom. The normalized spacial score (nSPS) is 35.6. The van der Waals surface area contributed by atoms with Gasteiger partial charge in [-0.25, -0.2) is 4.79 Å². The van der Waals surface area contributed by atoms with Gasteiger partial charge in [0.2, 0.25) is 5.91 Å². The van der Waals surface area contributed by atoms with E-state index in [-0.39, 0.29) is 28.3 Å². The molecule has 0 bridgehead atoms. The summed E-state index contributed by atoms with van der Waals surface area (Å²) in [5, 5.41) is 11.8. The van der Waals surface area contributed by atoms with Gasteiger partial charge in [0, 0.05) is 17.2 Å². The molecular weight excluding hydrogens is 491 g/mol. The summed E-state index contributed by atoms with van der Waals surface area (Å²) in [6.07, 6.45) is 5.24. The molecule has 5 rings (SSSR count). The van der Waals surface area contributed by atoms with E-state index in [2.05, 4.69) is 25.2 Å². The van der Waals surface area contributed by atoms with Crippen molar-refractivity contribution in [1.82, 2.24) is 0 Å². The van der Waals surface area contributed by atoms with E-state index in [1.165, 1.54) is 12.1 Å². The topological polar surface area (TPSA) is 66.4 Å². The maximum atomic E-state index is 13.4. The quantitative estimate of drug-likeness (QED) is 0.433. The molecular formula is C28H31ClF3NO3. The summed E-state index contributed by atoms with van der Waals surface area (Å²) in [5.41, 5.74) is 0.504. The molecule has 6 atom stereocenters. The number of fused-ring (bicyclic) bond motifs is 5. The van der Waals surface area contributed by atoms with Crippen LogP contribution < -0.4 is 5.32 Å². The van der Waals surface area contributed by atoms with Gasteiger partial charge in [-0.2, -0.15) is 13.2 Å². The first kappa shape index (κ1) is 25.4. The van der Waals surface area contributed by atoms with Crippen molar-refractivity contribution in [3.8, 4) is 0 Å². The molecule has 36 heavy (non-hydrogen) atoms. The zero-order valence-corrected chi connectivity index (χ0v) is 21.2. The second-order valence-corrected chi connectivity index (χ2v) is 11.9. The van der Waals surface area contributed by atoms with Crippen LogP contribution in [0.5, 0.6) is 0 Å². The number of halogens is 4. The molecule has 2 N–H and O–H groups in total. The number of alkyl halides is 3. The predicted molar refractivity (Wildman–Crippen MR) is 131 cm³/mol. The van der Waals surface area contributed by atoms with Crippen molar-refractivity contribution < 1.29 is 27.9 Å². The number of benzene rings is 1. The molecule has 2 fully saturated rings. The molecule has 0 spiro atoms. The Morgan fingerprint density at radius 3 is 2.56 bits per heavy atom. The van der Waals surface area contributed by atoms with Gasteiger partial charge < -0.3 is 10.4 Å². The Kier molecular flexibility index (Phi) is 6.09. The van der Waals surface area contributed by atoms with Crippen LogP contribution >= 0.6 is 11.6 Å². The number of hydrogen-bond acceptors (Lipinski definition) is 2. The number of carboxylic acid groups (broad SMARTS) is 1. The lowest BCUT2D eigenvalue weighted by Gasteiger charge is -2.56. The SMILES string of the molecule is C[C@]12CCC(C(=O)O)=CC1=CCC1C2CC[C@@]2(C)C1CC[C@@H]2C(=O)Nc1ccc(Cl)c(C(F)(F)F)c1.